The highest BCUT2D eigenvalue weighted by Gasteiger charge is 2.09. The number of aryl methyl sites for hydroxylation is 1. The molecule has 0 fully saturated rings. The zero-order valence-electron chi connectivity index (χ0n) is 11.6. The number of nitrogens with zero attached hydrogens (tertiary/aromatic N) is 2. The number of nitriles is 1. The van der Waals surface area contributed by atoms with Gasteiger partial charge in [-0.3, -0.25) is 0 Å². The van der Waals surface area contributed by atoms with E-state index in [0.29, 0.717) is 0 Å². The van der Waals surface area contributed by atoms with Gasteiger partial charge in [0, 0.05) is 18.8 Å². The van der Waals surface area contributed by atoms with Gasteiger partial charge in [-0.05, 0) is 38.9 Å². The summed E-state index contributed by atoms with van der Waals surface area (Å²) in [4.78, 5) is 2.31. The number of hydrogen-bond acceptors (Lipinski definition) is 3. The first-order chi connectivity index (χ1) is 8.71. The van der Waals surface area contributed by atoms with E-state index in [1.54, 1.807) is 0 Å². The van der Waals surface area contributed by atoms with Crippen LogP contribution in [0.5, 0.6) is 0 Å². The Balaban J connectivity index is 2.57. The molecule has 0 heterocycles. The second kappa shape index (κ2) is 7.73. The molecule has 1 rings (SSSR count). The van der Waals surface area contributed by atoms with Crippen molar-refractivity contribution in [3.05, 3.63) is 29.8 Å². The van der Waals surface area contributed by atoms with Crippen molar-refractivity contribution in [1.29, 1.82) is 5.26 Å². The van der Waals surface area contributed by atoms with Crippen molar-refractivity contribution in [2.24, 2.45) is 0 Å². The minimum absolute atomic E-state index is 0.0468. The predicted molar refractivity (Wildman–Crippen MR) is 76.8 cm³/mol. The molecule has 0 spiro atoms. The lowest BCUT2D eigenvalue weighted by atomic mass is 10.2. The van der Waals surface area contributed by atoms with E-state index in [0.717, 1.165) is 26.1 Å². The summed E-state index contributed by atoms with van der Waals surface area (Å²) < 4.78 is 0. The summed E-state index contributed by atoms with van der Waals surface area (Å²) in [5.74, 6) is 0. The minimum Gasteiger partial charge on any atom is -0.372 e. The Labute approximate surface area is 110 Å². The third-order valence-electron chi connectivity index (χ3n) is 3.07. The fraction of sp³-hybridized carbons (Fsp3) is 0.533. The highest BCUT2D eigenvalue weighted by Crippen LogP contribution is 2.15. The molecular formula is C15H23N3. The van der Waals surface area contributed by atoms with E-state index in [9.17, 15) is 0 Å². The van der Waals surface area contributed by atoms with Gasteiger partial charge in [-0.25, -0.2) is 0 Å². The van der Waals surface area contributed by atoms with E-state index in [2.05, 4.69) is 54.4 Å². The van der Waals surface area contributed by atoms with Gasteiger partial charge in [-0.15, -0.1) is 0 Å². The number of anilines is 1. The molecule has 0 saturated heterocycles. The van der Waals surface area contributed by atoms with Crippen molar-refractivity contribution >= 4 is 5.69 Å². The molecule has 0 saturated carbocycles. The second-order valence-corrected chi connectivity index (χ2v) is 4.44. The van der Waals surface area contributed by atoms with Gasteiger partial charge in [0.2, 0.25) is 0 Å². The maximum atomic E-state index is 9.02. The van der Waals surface area contributed by atoms with Gasteiger partial charge >= 0.3 is 0 Å². The molecule has 3 heteroatoms. The van der Waals surface area contributed by atoms with E-state index < -0.39 is 0 Å². The molecule has 1 aromatic carbocycles. The maximum absolute atomic E-state index is 9.02. The van der Waals surface area contributed by atoms with E-state index in [4.69, 9.17) is 5.26 Å². The first-order valence-electron chi connectivity index (χ1n) is 6.65. The largest absolute Gasteiger partial charge is 0.372 e. The highest BCUT2D eigenvalue weighted by molar-refractivity contribution is 5.47. The van der Waals surface area contributed by atoms with Gasteiger partial charge in [0.05, 0.1) is 12.1 Å². The Bertz CT molecular complexity index is 378. The van der Waals surface area contributed by atoms with Crippen LogP contribution in [0.15, 0.2) is 24.3 Å². The summed E-state index contributed by atoms with van der Waals surface area (Å²) >= 11 is 0. The van der Waals surface area contributed by atoms with Crippen LogP contribution < -0.4 is 10.2 Å². The molecular weight excluding hydrogens is 222 g/mol. The van der Waals surface area contributed by atoms with Gasteiger partial charge < -0.3 is 10.2 Å². The molecule has 0 amide bonds. The quantitative estimate of drug-likeness (QED) is 0.803. The summed E-state index contributed by atoms with van der Waals surface area (Å²) in [6.45, 7) is 8.99. The van der Waals surface area contributed by atoms with Crippen molar-refractivity contribution in [2.75, 3.05) is 24.5 Å². The van der Waals surface area contributed by atoms with E-state index in [1.165, 1.54) is 11.3 Å². The number of hydrogen-bond donors (Lipinski definition) is 1. The topological polar surface area (TPSA) is 39.1 Å². The lowest BCUT2D eigenvalue weighted by Crippen LogP contribution is -2.33. The second-order valence-electron chi connectivity index (χ2n) is 4.44. The molecule has 0 aliphatic carbocycles. The van der Waals surface area contributed by atoms with Gasteiger partial charge in [-0.1, -0.05) is 24.6 Å². The van der Waals surface area contributed by atoms with Gasteiger partial charge in [-0.2, -0.15) is 5.26 Å². The SMILES string of the molecule is CCNC(C#N)CCN(CC)c1ccc(C)cc1. The molecule has 0 aliphatic heterocycles. The van der Waals surface area contributed by atoms with Crippen LogP contribution in [-0.4, -0.2) is 25.7 Å². The third-order valence-corrected chi connectivity index (χ3v) is 3.07. The van der Waals surface area contributed by atoms with Crippen molar-refractivity contribution in [1.82, 2.24) is 5.32 Å². The van der Waals surface area contributed by atoms with E-state index in [-0.39, 0.29) is 6.04 Å². The molecule has 3 nitrogen and oxygen atoms in total. The molecule has 0 aromatic heterocycles. The Morgan fingerprint density at radius 2 is 1.94 bits per heavy atom. The van der Waals surface area contributed by atoms with Crippen LogP contribution in [0.4, 0.5) is 5.69 Å². The summed E-state index contributed by atoms with van der Waals surface area (Å²) in [6.07, 6.45) is 0.853. The molecule has 1 atom stereocenters. The van der Waals surface area contributed by atoms with Crippen molar-refractivity contribution in [2.45, 2.75) is 33.2 Å². The molecule has 1 aromatic rings. The first-order valence-corrected chi connectivity index (χ1v) is 6.65. The lowest BCUT2D eigenvalue weighted by molar-refractivity contribution is 0.576. The van der Waals surface area contributed by atoms with Crippen LogP contribution >= 0.6 is 0 Å². The van der Waals surface area contributed by atoms with Crippen LogP contribution in [0.2, 0.25) is 0 Å². The standard InChI is InChI=1S/C15H23N3/c1-4-17-14(12-16)10-11-18(5-2)15-8-6-13(3)7-9-15/h6-9,14,17H,4-5,10-11H2,1-3H3. The normalized spacial score (nSPS) is 11.9. The van der Waals surface area contributed by atoms with Crippen LogP contribution in [0.1, 0.15) is 25.8 Å². The molecule has 18 heavy (non-hydrogen) atoms. The Hall–Kier alpha value is -1.53. The Kier molecular flexibility index (Phi) is 6.24. The average molecular weight is 245 g/mol. The zero-order valence-corrected chi connectivity index (χ0v) is 11.6. The predicted octanol–water partition coefficient (Wildman–Crippen LogP) is 2.71. The monoisotopic (exact) mass is 245 g/mol. The highest BCUT2D eigenvalue weighted by atomic mass is 15.1. The molecule has 0 aliphatic rings. The van der Waals surface area contributed by atoms with Gasteiger partial charge in [0.25, 0.3) is 0 Å². The molecule has 0 bridgehead atoms. The number of benzene rings is 1. The third kappa shape index (κ3) is 4.38. The number of nitrogens with one attached hydrogen (secondary N) is 1. The van der Waals surface area contributed by atoms with Crippen LogP contribution in [-0.2, 0) is 0 Å². The van der Waals surface area contributed by atoms with Gasteiger partial charge in [0.15, 0.2) is 0 Å². The van der Waals surface area contributed by atoms with Crippen molar-refractivity contribution in [3.63, 3.8) is 0 Å². The summed E-state index contributed by atoms with van der Waals surface area (Å²) in [5, 5.41) is 12.2. The minimum atomic E-state index is -0.0468. The fourth-order valence-electron chi connectivity index (χ4n) is 1.97. The maximum Gasteiger partial charge on any atom is 0.0969 e. The smallest absolute Gasteiger partial charge is 0.0969 e. The average Bonchev–Trinajstić information content (AvgIpc) is 2.40. The summed E-state index contributed by atoms with van der Waals surface area (Å²) in [7, 11) is 0. The van der Waals surface area contributed by atoms with Gasteiger partial charge in [0.1, 0.15) is 0 Å². The fourth-order valence-corrected chi connectivity index (χ4v) is 1.97. The van der Waals surface area contributed by atoms with E-state index in [1.807, 2.05) is 6.92 Å². The molecule has 0 radical (unpaired) electrons. The van der Waals surface area contributed by atoms with Crippen molar-refractivity contribution in [3.8, 4) is 6.07 Å². The molecule has 1 unspecified atom stereocenters. The summed E-state index contributed by atoms with van der Waals surface area (Å²) in [5.41, 5.74) is 2.51. The summed E-state index contributed by atoms with van der Waals surface area (Å²) in [6, 6.07) is 10.8. The first kappa shape index (κ1) is 14.5. The molecule has 1 N–H and O–H groups in total. The van der Waals surface area contributed by atoms with Crippen LogP contribution in [0.25, 0.3) is 0 Å². The number of rotatable bonds is 7. The molecule has 98 valence electrons. The Morgan fingerprint density at radius 3 is 2.44 bits per heavy atom. The van der Waals surface area contributed by atoms with Crippen LogP contribution in [0, 0.1) is 18.3 Å². The van der Waals surface area contributed by atoms with Crippen molar-refractivity contribution < 1.29 is 0 Å². The van der Waals surface area contributed by atoms with Crippen LogP contribution in [0.3, 0.4) is 0 Å². The Morgan fingerprint density at radius 1 is 1.28 bits per heavy atom. The lowest BCUT2D eigenvalue weighted by Gasteiger charge is -2.24. The van der Waals surface area contributed by atoms with E-state index >= 15 is 0 Å². The zero-order chi connectivity index (χ0) is 13.4.